The first-order valence-electron chi connectivity index (χ1n) is 6.78. The predicted octanol–water partition coefficient (Wildman–Crippen LogP) is 2.26. The van der Waals surface area contributed by atoms with Crippen LogP contribution in [0.3, 0.4) is 0 Å². The number of sulfonamides is 1. The molecule has 0 bridgehead atoms. The minimum Gasteiger partial charge on any atom is -0.310 e. The molecule has 108 valence electrons. The number of rotatable bonds is 8. The van der Waals surface area contributed by atoms with Crippen LogP contribution in [0.15, 0.2) is 29.2 Å². The van der Waals surface area contributed by atoms with Crippen LogP contribution in [0.4, 0.5) is 0 Å². The molecule has 0 saturated heterocycles. The molecule has 0 fully saturated rings. The second-order valence-electron chi connectivity index (χ2n) is 4.89. The van der Waals surface area contributed by atoms with Crippen LogP contribution in [0.5, 0.6) is 0 Å². The van der Waals surface area contributed by atoms with Crippen LogP contribution in [0, 0.1) is 0 Å². The van der Waals surface area contributed by atoms with E-state index < -0.39 is 10.0 Å². The van der Waals surface area contributed by atoms with Crippen LogP contribution in [0.1, 0.15) is 39.2 Å². The summed E-state index contributed by atoms with van der Waals surface area (Å²) in [6, 6.07) is 7.45. The molecule has 0 amide bonds. The smallest absolute Gasteiger partial charge is 0.240 e. The molecular weight excluding hydrogens is 260 g/mol. The molecule has 0 atom stereocenters. The van der Waals surface area contributed by atoms with Gasteiger partial charge in [-0.1, -0.05) is 45.4 Å². The van der Waals surface area contributed by atoms with E-state index in [1.54, 1.807) is 12.1 Å². The molecule has 1 rings (SSSR count). The van der Waals surface area contributed by atoms with Crippen molar-refractivity contribution in [2.24, 2.45) is 0 Å². The van der Waals surface area contributed by atoms with Gasteiger partial charge in [0.25, 0.3) is 0 Å². The fourth-order valence-corrected chi connectivity index (χ4v) is 3.00. The third-order valence-electron chi connectivity index (χ3n) is 2.79. The first-order chi connectivity index (χ1) is 8.97. The Bertz CT molecular complexity index is 484. The Balaban J connectivity index is 2.86. The van der Waals surface area contributed by atoms with Crippen molar-refractivity contribution < 1.29 is 8.42 Å². The highest BCUT2D eigenvalue weighted by Gasteiger charge is 2.17. The lowest BCUT2D eigenvalue weighted by molar-refractivity contribution is 0.566. The first-order valence-corrected chi connectivity index (χ1v) is 8.26. The highest BCUT2D eigenvalue weighted by molar-refractivity contribution is 7.89. The molecule has 5 heteroatoms. The van der Waals surface area contributed by atoms with Crippen LogP contribution in [-0.4, -0.2) is 21.0 Å². The maximum absolute atomic E-state index is 12.2. The number of unbranched alkanes of at least 4 members (excludes halogenated alkanes) is 1. The van der Waals surface area contributed by atoms with Crippen molar-refractivity contribution in [2.75, 3.05) is 6.54 Å². The monoisotopic (exact) mass is 284 g/mol. The van der Waals surface area contributed by atoms with Gasteiger partial charge in [-0.25, -0.2) is 13.1 Å². The summed E-state index contributed by atoms with van der Waals surface area (Å²) < 4.78 is 27.1. The Hall–Kier alpha value is -0.910. The van der Waals surface area contributed by atoms with E-state index in [2.05, 4.69) is 10.0 Å². The van der Waals surface area contributed by atoms with Gasteiger partial charge in [0.2, 0.25) is 10.0 Å². The zero-order valence-corrected chi connectivity index (χ0v) is 12.8. The molecule has 0 aliphatic carbocycles. The van der Waals surface area contributed by atoms with E-state index in [-0.39, 0.29) is 0 Å². The summed E-state index contributed by atoms with van der Waals surface area (Å²) in [5.74, 6) is 0. The standard InChI is InChI=1S/C14H24N2O2S/c1-4-5-10-16-19(17,18)14-9-7-6-8-13(14)11-15-12(2)3/h6-9,12,15-16H,4-5,10-11H2,1-3H3. The summed E-state index contributed by atoms with van der Waals surface area (Å²) in [5.41, 5.74) is 0.806. The molecule has 0 spiro atoms. The highest BCUT2D eigenvalue weighted by atomic mass is 32.2. The van der Waals surface area contributed by atoms with Crippen molar-refractivity contribution in [1.29, 1.82) is 0 Å². The summed E-state index contributed by atoms with van der Waals surface area (Å²) in [6.07, 6.45) is 1.82. The van der Waals surface area contributed by atoms with Crippen molar-refractivity contribution in [2.45, 2.75) is 51.1 Å². The predicted molar refractivity (Wildman–Crippen MR) is 78.5 cm³/mol. The molecule has 0 heterocycles. The summed E-state index contributed by atoms with van der Waals surface area (Å²) in [7, 11) is -3.40. The van der Waals surface area contributed by atoms with E-state index in [0.717, 1.165) is 18.4 Å². The maximum atomic E-state index is 12.2. The summed E-state index contributed by atoms with van der Waals surface area (Å²) in [4.78, 5) is 0.374. The van der Waals surface area contributed by atoms with Gasteiger partial charge >= 0.3 is 0 Å². The van der Waals surface area contributed by atoms with Crippen molar-refractivity contribution >= 4 is 10.0 Å². The quantitative estimate of drug-likeness (QED) is 0.720. The van der Waals surface area contributed by atoms with Gasteiger partial charge in [-0.15, -0.1) is 0 Å². The van der Waals surface area contributed by atoms with E-state index in [1.165, 1.54) is 0 Å². The van der Waals surface area contributed by atoms with E-state index in [0.29, 0.717) is 24.0 Å². The summed E-state index contributed by atoms with van der Waals surface area (Å²) in [5, 5.41) is 3.25. The highest BCUT2D eigenvalue weighted by Crippen LogP contribution is 2.15. The lowest BCUT2D eigenvalue weighted by Gasteiger charge is -2.13. The number of hydrogen-bond donors (Lipinski definition) is 2. The summed E-state index contributed by atoms with van der Waals surface area (Å²) >= 11 is 0. The van der Waals surface area contributed by atoms with Gasteiger partial charge in [-0.3, -0.25) is 0 Å². The van der Waals surface area contributed by atoms with Gasteiger partial charge in [0.1, 0.15) is 0 Å². The molecule has 0 aliphatic rings. The Labute approximate surface area is 116 Å². The fraction of sp³-hybridized carbons (Fsp3) is 0.571. The number of nitrogens with one attached hydrogen (secondary N) is 2. The maximum Gasteiger partial charge on any atom is 0.240 e. The number of benzene rings is 1. The van der Waals surface area contributed by atoms with Crippen molar-refractivity contribution in [1.82, 2.24) is 10.0 Å². The van der Waals surface area contributed by atoms with Crippen LogP contribution in [-0.2, 0) is 16.6 Å². The second-order valence-corrected chi connectivity index (χ2v) is 6.63. The summed E-state index contributed by atoms with van der Waals surface area (Å²) in [6.45, 7) is 7.16. The average molecular weight is 284 g/mol. The minimum atomic E-state index is -3.40. The Morgan fingerprint density at radius 1 is 1.21 bits per heavy atom. The van der Waals surface area contributed by atoms with E-state index in [1.807, 2.05) is 32.9 Å². The molecule has 0 unspecified atom stereocenters. The van der Waals surface area contributed by atoms with Gasteiger partial charge in [-0.2, -0.15) is 0 Å². The SMILES string of the molecule is CCCCNS(=O)(=O)c1ccccc1CNC(C)C. The molecule has 0 saturated carbocycles. The van der Waals surface area contributed by atoms with Gasteiger partial charge in [-0.05, 0) is 18.1 Å². The molecule has 2 N–H and O–H groups in total. The Kier molecular flexibility index (Phi) is 6.48. The third kappa shape index (κ3) is 5.30. The lowest BCUT2D eigenvalue weighted by atomic mass is 10.2. The van der Waals surface area contributed by atoms with Crippen LogP contribution < -0.4 is 10.0 Å². The average Bonchev–Trinajstić information content (AvgIpc) is 2.37. The molecule has 1 aromatic carbocycles. The van der Waals surface area contributed by atoms with Crippen molar-refractivity contribution in [3.05, 3.63) is 29.8 Å². The molecule has 4 nitrogen and oxygen atoms in total. The Morgan fingerprint density at radius 3 is 2.53 bits per heavy atom. The topological polar surface area (TPSA) is 58.2 Å². The first kappa shape index (κ1) is 16.1. The molecule has 19 heavy (non-hydrogen) atoms. The van der Waals surface area contributed by atoms with Gasteiger partial charge < -0.3 is 5.32 Å². The third-order valence-corrected chi connectivity index (χ3v) is 4.35. The lowest BCUT2D eigenvalue weighted by Crippen LogP contribution is -2.28. The largest absolute Gasteiger partial charge is 0.310 e. The van der Waals surface area contributed by atoms with Crippen molar-refractivity contribution in [3.8, 4) is 0 Å². The van der Waals surface area contributed by atoms with E-state index in [4.69, 9.17) is 0 Å². The van der Waals surface area contributed by atoms with E-state index in [9.17, 15) is 8.42 Å². The second kappa shape index (κ2) is 7.62. The van der Waals surface area contributed by atoms with Crippen LogP contribution in [0.2, 0.25) is 0 Å². The molecule has 0 aliphatic heterocycles. The zero-order chi connectivity index (χ0) is 14.3. The van der Waals surface area contributed by atoms with Crippen LogP contribution in [0.25, 0.3) is 0 Å². The number of hydrogen-bond acceptors (Lipinski definition) is 3. The fourth-order valence-electron chi connectivity index (χ4n) is 1.69. The molecule has 0 radical (unpaired) electrons. The van der Waals surface area contributed by atoms with Crippen LogP contribution >= 0.6 is 0 Å². The molecule has 0 aromatic heterocycles. The zero-order valence-electron chi connectivity index (χ0n) is 11.9. The molecule has 1 aromatic rings. The van der Waals surface area contributed by atoms with Gasteiger partial charge in [0.15, 0.2) is 0 Å². The van der Waals surface area contributed by atoms with Crippen molar-refractivity contribution in [3.63, 3.8) is 0 Å². The molecular formula is C14H24N2O2S. The minimum absolute atomic E-state index is 0.323. The van der Waals surface area contributed by atoms with Gasteiger partial charge in [0, 0.05) is 19.1 Å². The normalized spacial score (nSPS) is 12.0. The Morgan fingerprint density at radius 2 is 1.89 bits per heavy atom. The van der Waals surface area contributed by atoms with Gasteiger partial charge in [0.05, 0.1) is 4.90 Å². The van der Waals surface area contributed by atoms with E-state index >= 15 is 0 Å².